The van der Waals surface area contributed by atoms with Crippen LogP contribution in [0.15, 0.2) is 30.5 Å². The number of aryl methyl sites for hydroxylation is 4. The topological polar surface area (TPSA) is 43.8 Å². The zero-order chi connectivity index (χ0) is 14.9. The van der Waals surface area contributed by atoms with Gasteiger partial charge in [-0.2, -0.15) is 5.10 Å². The van der Waals surface area contributed by atoms with Gasteiger partial charge < -0.3 is 5.73 Å². The van der Waals surface area contributed by atoms with E-state index in [2.05, 4.69) is 36.3 Å². The van der Waals surface area contributed by atoms with Crippen molar-refractivity contribution in [1.29, 1.82) is 0 Å². The highest BCUT2D eigenvalue weighted by atomic mass is 15.2. The van der Waals surface area contributed by atoms with Gasteiger partial charge in [-0.1, -0.05) is 18.2 Å². The highest BCUT2D eigenvalue weighted by Gasteiger charge is 2.23. The first-order valence-corrected chi connectivity index (χ1v) is 7.94. The van der Waals surface area contributed by atoms with Gasteiger partial charge in [0.2, 0.25) is 0 Å². The highest BCUT2D eigenvalue weighted by molar-refractivity contribution is 5.36. The fourth-order valence-corrected chi connectivity index (χ4v) is 3.27. The zero-order valence-electron chi connectivity index (χ0n) is 13.1. The van der Waals surface area contributed by atoms with Gasteiger partial charge in [-0.25, -0.2) is 0 Å². The maximum atomic E-state index is 6.61. The molecule has 0 aliphatic heterocycles. The molecule has 0 spiro atoms. The van der Waals surface area contributed by atoms with Crippen LogP contribution in [0.2, 0.25) is 0 Å². The summed E-state index contributed by atoms with van der Waals surface area (Å²) in [7, 11) is 1.99. The third-order valence-electron chi connectivity index (χ3n) is 4.83. The number of hydrogen-bond acceptors (Lipinski definition) is 2. The second-order valence-electron chi connectivity index (χ2n) is 6.55. The molecule has 1 atom stereocenters. The monoisotopic (exact) mass is 283 g/mol. The van der Waals surface area contributed by atoms with E-state index in [1.807, 2.05) is 17.9 Å². The molecule has 2 N–H and O–H groups in total. The van der Waals surface area contributed by atoms with Crippen LogP contribution in [0.5, 0.6) is 0 Å². The Hall–Kier alpha value is -1.61. The second kappa shape index (κ2) is 5.64. The van der Waals surface area contributed by atoms with Gasteiger partial charge in [0, 0.05) is 24.5 Å². The summed E-state index contributed by atoms with van der Waals surface area (Å²) in [4.78, 5) is 0. The van der Waals surface area contributed by atoms with Gasteiger partial charge in [0.15, 0.2) is 0 Å². The molecule has 1 aliphatic carbocycles. The molecule has 0 bridgehead atoms. The SMILES string of the molecule is Cn1nccc1CCC(C)(N)c1ccc2c(c1)CCCC2. The molecule has 1 aromatic carbocycles. The fourth-order valence-electron chi connectivity index (χ4n) is 3.27. The molecule has 3 nitrogen and oxygen atoms in total. The van der Waals surface area contributed by atoms with Crippen molar-refractivity contribution in [2.24, 2.45) is 12.8 Å². The Kier molecular flexibility index (Phi) is 3.85. The largest absolute Gasteiger partial charge is 0.322 e. The molecule has 3 heteroatoms. The molecular weight excluding hydrogens is 258 g/mol. The van der Waals surface area contributed by atoms with Crippen LogP contribution in [-0.4, -0.2) is 9.78 Å². The number of fused-ring (bicyclic) bond motifs is 1. The molecule has 21 heavy (non-hydrogen) atoms. The van der Waals surface area contributed by atoms with E-state index in [0.29, 0.717) is 0 Å². The van der Waals surface area contributed by atoms with E-state index in [0.717, 1.165) is 12.8 Å². The van der Waals surface area contributed by atoms with E-state index in [1.165, 1.54) is 48.1 Å². The summed E-state index contributed by atoms with van der Waals surface area (Å²) in [6, 6.07) is 8.94. The number of aromatic nitrogens is 2. The van der Waals surface area contributed by atoms with Crippen LogP contribution < -0.4 is 5.73 Å². The van der Waals surface area contributed by atoms with Crippen molar-refractivity contribution >= 4 is 0 Å². The maximum Gasteiger partial charge on any atom is 0.0492 e. The summed E-state index contributed by atoms with van der Waals surface area (Å²) in [5.41, 5.74) is 11.9. The average molecular weight is 283 g/mol. The van der Waals surface area contributed by atoms with E-state index in [1.54, 1.807) is 0 Å². The normalized spacial score (nSPS) is 17.3. The first-order chi connectivity index (χ1) is 10.1. The van der Waals surface area contributed by atoms with Crippen molar-refractivity contribution in [3.8, 4) is 0 Å². The van der Waals surface area contributed by atoms with Gasteiger partial charge in [0.1, 0.15) is 0 Å². The van der Waals surface area contributed by atoms with E-state index < -0.39 is 0 Å². The summed E-state index contributed by atoms with van der Waals surface area (Å²) in [5, 5.41) is 4.22. The molecule has 3 rings (SSSR count). The number of hydrogen-bond donors (Lipinski definition) is 1. The van der Waals surface area contributed by atoms with E-state index in [9.17, 15) is 0 Å². The molecule has 1 aromatic heterocycles. The van der Waals surface area contributed by atoms with Crippen LogP contribution >= 0.6 is 0 Å². The third kappa shape index (κ3) is 3.03. The molecule has 0 saturated carbocycles. The van der Waals surface area contributed by atoms with Crippen molar-refractivity contribution in [2.45, 2.75) is 51.0 Å². The van der Waals surface area contributed by atoms with Crippen molar-refractivity contribution < 1.29 is 0 Å². The van der Waals surface area contributed by atoms with E-state index in [4.69, 9.17) is 5.73 Å². The smallest absolute Gasteiger partial charge is 0.0492 e. The van der Waals surface area contributed by atoms with Gasteiger partial charge in [-0.3, -0.25) is 4.68 Å². The molecular formula is C18H25N3. The molecule has 0 radical (unpaired) electrons. The van der Waals surface area contributed by atoms with Gasteiger partial charge >= 0.3 is 0 Å². The van der Waals surface area contributed by atoms with Gasteiger partial charge in [-0.05, 0) is 68.2 Å². The Bertz CT molecular complexity index is 625. The summed E-state index contributed by atoms with van der Waals surface area (Å²) < 4.78 is 1.93. The molecule has 112 valence electrons. The van der Waals surface area contributed by atoms with Crippen LogP contribution in [0.3, 0.4) is 0 Å². The van der Waals surface area contributed by atoms with Crippen molar-refractivity contribution in [2.75, 3.05) is 0 Å². The summed E-state index contributed by atoms with van der Waals surface area (Å²) in [5.74, 6) is 0. The van der Waals surface area contributed by atoms with E-state index >= 15 is 0 Å². The first kappa shape index (κ1) is 14.3. The maximum absolute atomic E-state index is 6.61. The van der Waals surface area contributed by atoms with Crippen LogP contribution in [0.4, 0.5) is 0 Å². The molecule has 1 heterocycles. The highest BCUT2D eigenvalue weighted by Crippen LogP contribution is 2.29. The van der Waals surface area contributed by atoms with E-state index in [-0.39, 0.29) is 5.54 Å². The van der Waals surface area contributed by atoms with Crippen LogP contribution in [0, 0.1) is 0 Å². The van der Waals surface area contributed by atoms with Crippen LogP contribution in [0.25, 0.3) is 0 Å². The Morgan fingerprint density at radius 3 is 2.67 bits per heavy atom. The predicted octanol–water partition coefficient (Wildman–Crippen LogP) is 3.11. The molecule has 1 aliphatic rings. The fraction of sp³-hybridized carbons (Fsp3) is 0.500. The Labute approximate surface area is 127 Å². The molecule has 1 unspecified atom stereocenters. The minimum atomic E-state index is -0.281. The number of nitrogens with zero attached hydrogens (tertiary/aromatic N) is 2. The standard InChI is InChI=1S/C18H25N3/c1-18(19,11-9-17-10-12-20-21(17)2)16-8-7-14-5-3-4-6-15(14)13-16/h7-8,10,12-13H,3-6,9,11,19H2,1-2H3. The Morgan fingerprint density at radius 2 is 1.95 bits per heavy atom. The lowest BCUT2D eigenvalue weighted by molar-refractivity contribution is 0.444. The first-order valence-electron chi connectivity index (χ1n) is 7.94. The second-order valence-corrected chi connectivity index (χ2v) is 6.55. The number of benzene rings is 1. The lowest BCUT2D eigenvalue weighted by Gasteiger charge is -2.27. The molecule has 2 aromatic rings. The quantitative estimate of drug-likeness (QED) is 0.937. The van der Waals surface area contributed by atoms with Crippen LogP contribution in [-0.2, 0) is 31.8 Å². The van der Waals surface area contributed by atoms with Crippen molar-refractivity contribution in [3.05, 3.63) is 52.8 Å². The number of nitrogens with two attached hydrogens (primary N) is 1. The minimum Gasteiger partial charge on any atom is -0.322 e. The van der Waals surface area contributed by atoms with Gasteiger partial charge in [-0.15, -0.1) is 0 Å². The lowest BCUT2D eigenvalue weighted by Crippen LogP contribution is -2.34. The van der Waals surface area contributed by atoms with Gasteiger partial charge in [0.05, 0.1) is 0 Å². The summed E-state index contributed by atoms with van der Waals surface area (Å²) >= 11 is 0. The van der Waals surface area contributed by atoms with Crippen molar-refractivity contribution in [3.63, 3.8) is 0 Å². The Morgan fingerprint density at radius 1 is 1.19 bits per heavy atom. The molecule has 0 saturated heterocycles. The average Bonchev–Trinajstić information content (AvgIpc) is 2.90. The van der Waals surface area contributed by atoms with Crippen molar-refractivity contribution in [1.82, 2.24) is 9.78 Å². The number of rotatable bonds is 4. The molecule has 0 amide bonds. The van der Waals surface area contributed by atoms with Crippen LogP contribution in [0.1, 0.15) is 48.6 Å². The summed E-state index contributed by atoms with van der Waals surface area (Å²) in [6.45, 7) is 2.15. The Balaban J connectivity index is 1.76. The zero-order valence-corrected chi connectivity index (χ0v) is 13.1. The third-order valence-corrected chi connectivity index (χ3v) is 4.83. The summed E-state index contributed by atoms with van der Waals surface area (Å²) in [6.07, 6.45) is 8.82. The molecule has 0 fully saturated rings. The minimum absolute atomic E-state index is 0.281. The van der Waals surface area contributed by atoms with Gasteiger partial charge in [0.25, 0.3) is 0 Å². The predicted molar refractivity (Wildman–Crippen MR) is 86.2 cm³/mol. The lowest BCUT2D eigenvalue weighted by atomic mass is 9.83.